The predicted octanol–water partition coefficient (Wildman–Crippen LogP) is 4.22. The van der Waals surface area contributed by atoms with Crippen molar-refractivity contribution < 1.29 is 8.42 Å². The van der Waals surface area contributed by atoms with Gasteiger partial charge in [-0.1, -0.05) is 41.4 Å². The molecule has 2 aromatic rings. The van der Waals surface area contributed by atoms with Crippen molar-refractivity contribution in [3.8, 4) is 6.07 Å². The predicted molar refractivity (Wildman–Crippen MR) is 101 cm³/mol. The molecule has 5 nitrogen and oxygen atoms in total. The van der Waals surface area contributed by atoms with Crippen LogP contribution in [0.25, 0.3) is 6.08 Å². The first kappa shape index (κ1) is 19.1. The number of sulfonamides is 1. The molecule has 1 N–H and O–H groups in total. The maximum atomic E-state index is 12.4. The normalized spacial score (nSPS) is 11.7. The van der Waals surface area contributed by atoms with Crippen molar-refractivity contribution in [1.82, 2.24) is 4.90 Å². The summed E-state index contributed by atoms with van der Waals surface area (Å²) >= 11 is 12.2. The molecule has 0 saturated carbocycles. The second-order valence-corrected chi connectivity index (χ2v) is 7.77. The van der Waals surface area contributed by atoms with Gasteiger partial charge in [-0.2, -0.15) is 5.26 Å². The van der Waals surface area contributed by atoms with Crippen LogP contribution < -0.4 is 4.72 Å². The molecule has 130 valence electrons. The van der Waals surface area contributed by atoms with Crippen LogP contribution in [0.1, 0.15) is 5.56 Å². The standard InChI is InChI=1S/C17H15Cl2N3O2S/c1-22(2)14(11-20)9-12-7-8-13(10-16(12)19)21-25(23,24)17-6-4-3-5-15(17)18/h3-10,21H,1-2H3. The second-order valence-electron chi connectivity index (χ2n) is 5.31. The average Bonchev–Trinajstić information content (AvgIpc) is 2.53. The highest BCUT2D eigenvalue weighted by atomic mass is 35.5. The molecular formula is C17H15Cl2N3O2S. The van der Waals surface area contributed by atoms with Gasteiger partial charge in [-0.25, -0.2) is 8.42 Å². The SMILES string of the molecule is CN(C)C(C#N)=Cc1ccc(NS(=O)(=O)c2ccccc2Cl)cc1Cl. The Hall–Kier alpha value is -2.20. The van der Waals surface area contributed by atoms with Gasteiger partial charge in [-0.15, -0.1) is 0 Å². The Morgan fingerprint density at radius 1 is 1.16 bits per heavy atom. The zero-order valence-electron chi connectivity index (χ0n) is 13.5. The number of anilines is 1. The fraction of sp³-hybridized carbons (Fsp3) is 0.118. The summed E-state index contributed by atoms with van der Waals surface area (Å²) in [4.78, 5) is 1.64. The summed E-state index contributed by atoms with van der Waals surface area (Å²) in [7, 11) is -0.341. The molecule has 0 aromatic heterocycles. The molecule has 0 unspecified atom stereocenters. The van der Waals surface area contributed by atoms with Crippen molar-refractivity contribution in [2.45, 2.75) is 4.90 Å². The van der Waals surface area contributed by atoms with Crippen molar-refractivity contribution in [2.75, 3.05) is 18.8 Å². The van der Waals surface area contributed by atoms with E-state index in [2.05, 4.69) is 10.8 Å². The molecule has 0 heterocycles. The Morgan fingerprint density at radius 2 is 1.84 bits per heavy atom. The van der Waals surface area contributed by atoms with Gasteiger partial charge in [0.05, 0.1) is 10.7 Å². The van der Waals surface area contributed by atoms with Crippen LogP contribution >= 0.6 is 23.2 Å². The third-order valence-electron chi connectivity index (χ3n) is 3.27. The summed E-state index contributed by atoms with van der Waals surface area (Å²) in [5.74, 6) is 0. The van der Waals surface area contributed by atoms with Gasteiger partial charge in [-0.05, 0) is 35.9 Å². The number of allylic oxidation sites excluding steroid dienone is 1. The zero-order valence-corrected chi connectivity index (χ0v) is 15.8. The number of benzene rings is 2. The number of nitrogens with zero attached hydrogens (tertiary/aromatic N) is 2. The lowest BCUT2D eigenvalue weighted by Gasteiger charge is -2.12. The Labute approximate surface area is 157 Å². The van der Waals surface area contributed by atoms with Gasteiger partial charge in [0.1, 0.15) is 16.7 Å². The first-order valence-corrected chi connectivity index (χ1v) is 9.34. The molecular weight excluding hydrogens is 381 g/mol. The smallest absolute Gasteiger partial charge is 0.263 e. The summed E-state index contributed by atoms with van der Waals surface area (Å²) < 4.78 is 27.3. The minimum absolute atomic E-state index is 0.0175. The van der Waals surface area contributed by atoms with Gasteiger partial charge in [0, 0.05) is 19.1 Å². The average molecular weight is 396 g/mol. The largest absolute Gasteiger partial charge is 0.369 e. The van der Waals surface area contributed by atoms with E-state index in [1.165, 1.54) is 18.2 Å². The third-order valence-corrected chi connectivity index (χ3v) is 5.48. The van der Waals surface area contributed by atoms with E-state index in [0.29, 0.717) is 22.0 Å². The highest BCUT2D eigenvalue weighted by molar-refractivity contribution is 7.92. The number of halogens is 2. The lowest BCUT2D eigenvalue weighted by atomic mass is 10.1. The molecule has 0 aliphatic heterocycles. The molecule has 0 bridgehead atoms. The van der Waals surface area contributed by atoms with Crippen LogP contribution in [0.2, 0.25) is 10.0 Å². The van der Waals surface area contributed by atoms with Crippen molar-refractivity contribution >= 4 is 45.0 Å². The number of hydrogen-bond acceptors (Lipinski definition) is 4. The van der Waals surface area contributed by atoms with Gasteiger partial charge < -0.3 is 4.90 Å². The maximum absolute atomic E-state index is 12.4. The zero-order chi connectivity index (χ0) is 18.6. The molecule has 8 heteroatoms. The molecule has 0 atom stereocenters. The minimum Gasteiger partial charge on any atom is -0.369 e. The van der Waals surface area contributed by atoms with E-state index in [1.807, 2.05) is 0 Å². The molecule has 2 rings (SSSR count). The Bertz CT molecular complexity index is 964. The maximum Gasteiger partial charge on any atom is 0.263 e. The second kappa shape index (κ2) is 7.79. The summed E-state index contributed by atoms with van der Waals surface area (Å²) in [5.41, 5.74) is 1.32. The van der Waals surface area contributed by atoms with Crippen LogP contribution in [-0.2, 0) is 10.0 Å². The lowest BCUT2D eigenvalue weighted by molar-refractivity contribution is 0.538. The van der Waals surface area contributed by atoms with Crippen LogP contribution in [-0.4, -0.2) is 27.4 Å². The number of hydrogen-bond donors (Lipinski definition) is 1. The Kier molecular flexibility index (Phi) is 5.96. The first-order valence-electron chi connectivity index (χ1n) is 7.10. The van der Waals surface area contributed by atoms with E-state index in [9.17, 15) is 8.42 Å². The molecule has 0 saturated heterocycles. The quantitative estimate of drug-likeness (QED) is 0.768. The molecule has 0 fully saturated rings. The molecule has 0 amide bonds. The van der Waals surface area contributed by atoms with Crippen LogP contribution in [0, 0.1) is 11.3 Å². The highest BCUT2D eigenvalue weighted by Gasteiger charge is 2.17. The first-order chi connectivity index (χ1) is 11.7. The lowest BCUT2D eigenvalue weighted by Crippen LogP contribution is -2.13. The van der Waals surface area contributed by atoms with Gasteiger partial charge in [0.2, 0.25) is 0 Å². The van der Waals surface area contributed by atoms with E-state index in [0.717, 1.165) is 0 Å². The fourth-order valence-corrected chi connectivity index (χ4v) is 3.79. The Balaban J connectivity index is 2.33. The van der Waals surface area contributed by atoms with Gasteiger partial charge in [0.25, 0.3) is 10.0 Å². The van der Waals surface area contributed by atoms with Crippen molar-refractivity contribution in [2.24, 2.45) is 0 Å². The summed E-state index contributed by atoms with van der Waals surface area (Å²) in [6.07, 6.45) is 1.62. The van der Waals surface area contributed by atoms with Crippen molar-refractivity contribution in [1.29, 1.82) is 5.26 Å². The number of nitriles is 1. The third kappa shape index (κ3) is 4.67. The van der Waals surface area contributed by atoms with E-state index in [1.54, 1.807) is 49.3 Å². The minimum atomic E-state index is -3.83. The number of rotatable bonds is 5. The summed E-state index contributed by atoms with van der Waals surface area (Å²) in [6.45, 7) is 0. The van der Waals surface area contributed by atoms with Gasteiger partial charge in [-0.3, -0.25) is 4.72 Å². The van der Waals surface area contributed by atoms with Crippen molar-refractivity contribution in [3.05, 3.63) is 63.8 Å². The molecule has 0 aliphatic carbocycles. The van der Waals surface area contributed by atoms with Crippen LogP contribution in [0.4, 0.5) is 5.69 Å². The Morgan fingerprint density at radius 3 is 2.40 bits per heavy atom. The van der Waals surface area contributed by atoms with Crippen LogP contribution in [0.5, 0.6) is 0 Å². The molecule has 0 radical (unpaired) electrons. The van der Waals surface area contributed by atoms with E-state index >= 15 is 0 Å². The molecule has 25 heavy (non-hydrogen) atoms. The summed E-state index contributed by atoms with van der Waals surface area (Å²) in [5, 5.41) is 9.54. The molecule has 2 aromatic carbocycles. The van der Waals surface area contributed by atoms with E-state index in [4.69, 9.17) is 28.5 Å². The summed E-state index contributed by atoms with van der Waals surface area (Å²) in [6, 6.07) is 12.9. The van der Waals surface area contributed by atoms with Gasteiger partial charge in [0.15, 0.2) is 0 Å². The molecule has 0 spiro atoms. The highest BCUT2D eigenvalue weighted by Crippen LogP contribution is 2.27. The van der Waals surface area contributed by atoms with E-state index < -0.39 is 10.0 Å². The molecule has 0 aliphatic rings. The van der Waals surface area contributed by atoms with E-state index in [-0.39, 0.29) is 9.92 Å². The van der Waals surface area contributed by atoms with Crippen LogP contribution in [0.3, 0.4) is 0 Å². The fourth-order valence-electron chi connectivity index (χ4n) is 1.99. The topological polar surface area (TPSA) is 73.2 Å². The van der Waals surface area contributed by atoms with Gasteiger partial charge >= 0.3 is 0 Å². The van der Waals surface area contributed by atoms with Crippen molar-refractivity contribution in [3.63, 3.8) is 0 Å². The number of nitrogens with one attached hydrogen (secondary N) is 1. The van der Waals surface area contributed by atoms with Crippen LogP contribution in [0.15, 0.2) is 53.1 Å². The monoisotopic (exact) mass is 395 g/mol.